The zero-order valence-electron chi connectivity index (χ0n) is 13.7. The second-order valence-corrected chi connectivity index (χ2v) is 6.35. The first-order valence-corrected chi connectivity index (χ1v) is 8.60. The van der Waals surface area contributed by atoms with E-state index in [0.29, 0.717) is 32.2 Å². The molecular weight excluding hydrogens is 487 g/mol. The molecule has 1 fully saturated rings. The molecule has 1 aliphatic rings. The second-order valence-electron chi connectivity index (χ2n) is 5.43. The Balaban J connectivity index is 0.00000288. The van der Waals surface area contributed by atoms with E-state index in [2.05, 4.69) is 26.2 Å². The number of piperidine rings is 1. The highest BCUT2D eigenvalue weighted by Crippen LogP contribution is 2.12. The van der Waals surface area contributed by atoms with Crippen molar-refractivity contribution in [3.8, 4) is 0 Å². The highest BCUT2D eigenvalue weighted by atomic mass is 127. The number of ether oxygens (including phenoxy) is 1. The Labute approximate surface area is 168 Å². The van der Waals surface area contributed by atoms with Crippen LogP contribution in [0.1, 0.15) is 25.3 Å². The average Bonchev–Trinajstić information content (AvgIpc) is 2.55. The lowest BCUT2D eigenvalue weighted by molar-refractivity contribution is 0.0963. The van der Waals surface area contributed by atoms with Crippen molar-refractivity contribution in [1.29, 1.82) is 0 Å². The summed E-state index contributed by atoms with van der Waals surface area (Å²) in [7, 11) is 0. The summed E-state index contributed by atoms with van der Waals surface area (Å²) in [6.07, 6.45) is 1.45. The predicted octanol–water partition coefficient (Wildman–Crippen LogP) is 3.09. The van der Waals surface area contributed by atoms with E-state index in [-0.39, 0.29) is 36.1 Å². The molecule has 0 spiro atoms. The third-order valence-electron chi connectivity index (χ3n) is 3.72. The molecule has 0 bridgehead atoms. The molecule has 24 heavy (non-hydrogen) atoms. The summed E-state index contributed by atoms with van der Waals surface area (Å²) in [5, 5.41) is 3.23. The maximum atomic E-state index is 11.6. The molecule has 0 aromatic heterocycles. The van der Waals surface area contributed by atoms with Gasteiger partial charge in [0.1, 0.15) is 0 Å². The van der Waals surface area contributed by atoms with Gasteiger partial charge in [-0.25, -0.2) is 9.79 Å². The van der Waals surface area contributed by atoms with Crippen LogP contribution in [0, 0.1) is 0 Å². The third kappa shape index (κ3) is 6.84. The predicted molar refractivity (Wildman–Crippen MR) is 110 cm³/mol. The van der Waals surface area contributed by atoms with Crippen molar-refractivity contribution in [1.82, 2.24) is 10.2 Å². The van der Waals surface area contributed by atoms with Gasteiger partial charge in [0.15, 0.2) is 5.96 Å². The molecule has 0 radical (unpaired) electrons. The summed E-state index contributed by atoms with van der Waals surface area (Å²) in [5.41, 5.74) is 7.06. The van der Waals surface area contributed by atoms with Crippen LogP contribution in [0.2, 0.25) is 0 Å². The third-order valence-corrected chi connectivity index (χ3v) is 4.25. The zero-order chi connectivity index (χ0) is 16.7. The number of hydrogen-bond donors (Lipinski definition) is 2. The number of carbonyl (C=O) groups excluding carboxylic acids is 1. The van der Waals surface area contributed by atoms with E-state index in [1.807, 2.05) is 31.2 Å². The van der Waals surface area contributed by atoms with Gasteiger partial charge in [-0.05, 0) is 37.5 Å². The van der Waals surface area contributed by atoms with Gasteiger partial charge in [-0.15, -0.1) is 24.0 Å². The van der Waals surface area contributed by atoms with Crippen molar-refractivity contribution < 1.29 is 9.53 Å². The molecule has 1 aromatic rings. The first-order valence-electron chi connectivity index (χ1n) is 7.81. The van der Waals surface area contributed by atoms with Crippen LogP contribution >= 0.6 is 39.9 Å². The number of halogens is 2. The van der Waals surface area contributed by atoms with Crippen LogP contribution in [0.25, 0.3) is 0 Å². The number of rotatable bonds is 4. The van der Waals surface area contributed by atoms with Crippen molar-refractivity contribution in [3.63, 3.8) is 0 Å². The van der Waals surface area contributed by atoms with E-state index >= 15 is 0 Å². The lowest BCUT2D eigenvalue weighted by Crippen LogP contribution is -2.48. The molecule has 1 saturated heterocycles. The molecule has 6 nitrogen and oxygen atoms in total. The Bertz CT molecular complexity index is 546. The summed E-state index contributed by atoms with van der Waals surface area (Å²) in [6.45, 7) is 4.13. The van der Waals surface area contributed by atoms with Crippen LogP contribution in [-0.2, 0) is 11.3 Å². The maximum absolute atomic E-state index is 11.6. The molecule has 134 valence electrons. The van der Waals surface area contributed by atoms with Gasteiger partial charge in [0.2, 0.25) is 0 Å². The molecule has 8 heteroatoms. The second kappa shape index (κ2) is 10.8. The van der Waals surface area contributed by atoms with E-state index in [1.165, 1.54) is 0 Å². The highest BCUT2D eigenvalue weighted by molar-refractivity contribution is 14.0. The van der Waals surface area contributed by atoms with Crippen LogP contribution in [0.4, 0.5) is 4.79 Å². The number of hydrogen-bond acceptors (Lipinski definition) is 3. The normalized spacial score (nSPS) is 15.6. The Morgan fingerprint density at radius 1 is 1.38 bits per heavy atom. The van der Waals surface area contributed by atoms with Gasteiger partial charge in [0.25, 0.3) is 0 Å². The van der Waals surface area contributed by atoms with Gasteiger partial charge in [-0.1, -0.05) is 28.1 Å². The summed E-state index contributed by atoms with van der Waals surface area (Å²) in [6, 6.07) is 8.24. The van der Waals surface area contributed by atoms with Gasteiger partial charge in [0, 0.05) is 23.6 Å². The number of aliphatic imine (C=N–C) groups is 1. The molecule has 1 amide bonds. The minimum atomic E-state index is -0.233. The summed E-state index contributed by atoms with van der Waals surface area (Å²) in [5.74, 6) is 0.447. The summed E-state index contributed by atoms with van der Waals surface area (Å²) >= 11 is 3.41. The Morgan fingerprint density at radius 2 is 2.00 bits per heavy atom. The molecule has 3 N–H and O–H groups in total. The van der Waals surface area contributed by atoms with Crippen LogP contribution in [-0.4, -0.2) is 42.7 Å². The molecule has 1 aromatic carbocycles. The van der Waals surface area contributed by atoms with Gasteiger partial charge >= 0.3 is 6.09 Å². The first kappa shape index (κ1) is 21.0. The maximum Gasteiger partial charge on any atom is 0.409 e. The Kier molecular flexibility index (Phi) is 9.42. The molecule has 1 aliphatic heterocycles. The number of amides is 1. The van der Waals surface area contributed by atoms with Crippen LogP contribution in [0.15, 0.2) is 33.7 Å². The number of likely N-dealkylation sites (tertiary alicyclic amines) is 1. The topological polar surface area (TPSA) is 80.0 Å². The van der Waals surface area contributed by atoms with E-state index in [4.69, 9.17) is 10.5 Å². The molecule has 0 atom stereocenters. The fourth-order valence-corrected chi connectivity index (χ4v) is 2.71. The average molecular weight is 511 g/mol. The molecule has 1 heterocycles. The summed E-state index contributed by atoms with van der Waals surface area (Å²) in [4.78, 5) is 17.7. The smallest absolute Gasteiger partial charge is 0.409 e. The van der Waals surface area contributed by atoms with Gasteiger partial charge in [-0.3, -0.25) is 0 Å². The molecule has 0 unspecified atom stereocenters. The molecular formula is C16H24BrIN4O2. The highest BCUT2D eigenvalue weighted by Gasteiger charge is 2.23. The van der Waals surface area contributed by atoms with Crippen molar-refractivity contribution in [3.05, 3.63) is 34.3 Å². The minimum absolute atomic E-state index is 0. The van der Waals surface area contributed by atoms with E-state index in [1.54, 1.807) is 4.90 Å². The number of benzene rings is 1. The van der Waals surface area contributed by atoms with Crippen LogP contribution in [0.5, 0.6) is 0 Å². The van der Waals surface area contributed by atoms with Gasteiger partial charge in [0.05, 0.1) is 13.2 Å². The minimum Gasteiger partial charge on any atom is -0.450 e. The largest absolute Gasteiger partial charge is 0.450 e. The van der Waals surface area contributed by atoms with Crippen molar-refractivity contribution >= 4 is 52.0 Å². The number of nitrogens with one attached hydrogen (secondary N) is 1. The SMILES string of the molecule is CCOC(=O)N1CCC(NC(N)=NCc2ccc(Br)cc2)CC1.I. The van der Waals surface area contributed by atoms with Crippen molar-refractivity contribution in [2.75, 3.05) is 19.7 Å². The fourth-order valence-electron chi connectivity index (χ4n) is 2.44. The van der Waals surface area contributed by atoms with E-state index < -0.39 is 0 Å². The van der Waals surface area contributed by atoms with E-state index in [0.717, 1.165) is 22.9 Å². The Morgan fingerprint density at radius 3 is 2.58 bits per heavy atom. The first-order chi connectivity index (χ1) is 11.1. The lowest BCUT2D eigenvalue weighted by Gasteiger charge is -2.31. The number of nitrogens with two attached hydrogens (primary N) is 1. The number of guanidine groups is 1. The summed E-state index contributed by atoms with van der Waals surface area (Å²) < 4.78 is 6.05. The molecule has 2 rings (SSSR count). The van der Waals surface area contributed by atoms with Crippen molar-refractivity contribution in [2.45, 2.75) is 32.4 Å². The molecule has 0 saturated carbocycles. The number of nitrogens with zero attached hydrogens (tertiary/aromatic N) is 2. The Hall–Kier alpha value is -1.03. The van der Waals surface area contributed by atoms with E-state index in [9.17, 15) is 4.79 Å². The van der Waals surface area contributed by atoms with Crippen LogP contribution < -0.4 is 11.1 Å². The van der Waals surface area contributed by atoms with Gasteiger partial charge < -0.3 is 20.7 Å². The number of carbonyl (C=O) groups is 1. The van der Waals surface area contributed by atoms with Crippen molar-refractivity contribution in [2.24, 2.45) is 10.7 Å². The monoisotopic (exact) mass is 510 g/mol. The zero-order valence-corrected chi connectivity index (χ0v) is 17.6. The molecule has 0 aliphatic carbocycles. The standard InChI is InChI=1S/C16H23BrN4O2.HI/c1-2-23-16(22)21-9-7-14(8-10-21)20-15(18)19-11-12-3-5-13(17)6-4-12;/h3-6,14H,2,7-11H2,1H3,(H3,18,19,20);1H. The fraction of sp³-hybridized carbons (Fsp3) is 0.500. The van der Waals surface area contributed by atoms with Crippen LogP contribution in [0.3, 0.4) is 0 Å². The lowest BCUT2D eigenvalue weighted by atomic mass is 10.1. The quantitative estimate of drug-likeness (QED) is 0.370. The van der Waals surface area contributed by atoms with Gasteiger partial charge in [-0.2, -0.15) is 0 Å².